The second-order valence-corrected chi connectivity index (χ2v) is 6.07. The first-order chi connectivity index (χ1) is 9.74. The van der Waals surface area contributed by atoms with Gasteiger partial charge in [0.05, 0.1) is 15.2 Å². The summed E-state index contributed by atoms with van der Waals surface area (Å²) in [6, 6.07) is 8.14. The van der Waals surface area contributed by atoms with E-state index in [1.807, 2.05) is 23.1 Å². The van der Waals surface area contributed by atoms with E-state index in [9.17, 15) is 4.79 Å². The van der Waals surface area contributed by atoms with Gasteiger partial charge < -0.3 is 4.90 Å². The zero-order valence-electron chi connectivity index (χ0n) is 12.3. The second-order valence-electron chi connectivity index (χ2n) is 4.96. The average Bonchev–Trinajstić information content (AvgIpc) is 2.87. The number of hydrogen-bond acceptors (Lipinski definition) is 3. The van der Waals surface area contributed by atoms with Gasteiger partial charge in [-0.15, -0.1) is 11.3 Å². The molecule has 0 fully saturated rings. The lowest BCUT2D eigenvalue weighted by Gasteiger charge is -2.21. The Hall–Kier alpha value is -1.42. The fourth-order valence-electron chi connectivity index (χ4n) is 2.30. The van der Waals surface area contributed by atoms with Crippen LogP contribution in [0.25, 0.3) is 10.2 Å². The highest BCUT2D eigenvalue weighted by Crippen LogP contribution is 2.22. The van der Waals surface area contributed by atoms with Crippen LogP contribution in [0.5, 0.6) is 0 Å². The average molecular weight is 290 g/mol. The van der Waals surface area contributed by atoms with Gasteiger partial charge in [-0.25, -0.2) is 4.98 Å². The Balaban J connectivity index is 1.94. The van der Waals surface area contributed by atoms with Crippen molar-refractivity contribution in [2.24, 2.45) is 0 Å². The molecule has 1 heterocycles. The Morgan fingerprint density at radius 2 is 1.90 bits per heavy atom. The molecule has 1 aromatic carbocycles. The summed E-state index contributed by atoms with van der Waals surface area (Å²) in [4.78, 5) is 18.8. The molecule has 108 valence electrons. The Bertz CT molecular complexity index is 525. The van der Waals surface area contributed by atoms with Crippen molar-refractivity contribution in [1.29, 1.82) is 0 Å². The molecule has 2 rings (SSSR count). The number of aromatic nitrogens is 1. The van der Waals surface area contributed by atoms with Crippen molar-refractivity contribution < 1.29 is 4.79 Å². The predicted octanol–water partition coefficient (Wildman–Crippen LogP) is 3.88. The maximum atomic E-state index is 12.2. The van der Waals surface area contributed by atoms with Crippen molar-refractivity contribution in [3.63, 3.8) is 0 Å². The lowest BCUT2D eigenvalue weighted by Crippen LogP contribution is -2.32. The number of carbonyl (C=O) groups is 1. The van der Waals surface area contributed by atoms with Gasteiger partial charge in [-0.1, -0.05) is 26.0 Å². The largest absolute Gasteiger partial charge is 0.343 e. The molecule has 0 aliphatic carbocycles. The van der Waals surface area contributed by atoms with Crippen LogP contribution in [-0.4, -0.2) is 28.9 Å². The molecule has 4 heteroatoms. The number of nitrogens with zero attached hydrogens (tertiary/aromatic N) is 2. The molecular formula is C16H22N2OS. The number of carbonyl (C=O) groups excluding carboxylic acids is 1. The number of para-hydroxylation sites is 1. The Morgan fingerprint density at radius 3 is 2.55 bits per heavy atom. The third-order valence-electron chi connectivity index (χ3n) is 3.23. The topological polar surface area (TPSA) is 33.2 Å². The molecule has 0 unspecified atom stereocenters. The van der Waals surface area contributed by atoms with Gasteiger partial charge in [0.15, 0.2) is 0 Å². The number of thiazole rings is 1. The van der Waals surface area contributed by atoms with E-state index in [2.05, 4.69) is 24.9 Å². The fraction of sp³-hybridized carbons (Fsp3) is 0.500. The van der Waals surface area contributed by atoms with Crippen LogP contribution in [0, 0.1) is 0 Å². The van der Waals surface area contributed by atoms with Crippen LogP contribution in [0.2, 0.25) is 0 Å². The summed E-state index contributed by atoms with van der Waals surface area (Å²) >= 11 is 1.70. The Labute approximate surface area is 124 Å². The summed E-state index contributed by atoms with van der Waals surface area (Å²) in [5.41, 5.74) is 1.04. The molecule has 2 aromatic rings. The van der Waals surface area contributed by atoms with Crippen LogP contribution in [-0.2, 0) is 11.2 Å². The minimum absolute atomic E-state index is 0.257. The van der Waals surface area contributed by atoms with Crippen molar-refractivity contribution in [1.82, 2.24) is 9.88 Å². The van der Waals surface area contributed by atoms with Gasteiger partial charge in [0.25, 0.3) is 0 Å². The lowest BCUT2D eigenvalue weighted by molar-refractivity contribution is -0.131. The highest BCUT2D eigenvalue weighted by molar-refractivity contribution is 7.18. The normalized spacial score (nSPS) is 10.9. The van der Waals surface area contributed by atoms with Gasteiger partial charge in [-0.05, 0) is 25.0 Å². The second kappa shape index (κ2) is 7.39. The van der Waals surface area contributed by atoms with Crippen molar-refractivity contribution >= 4 is 27.5 Å². The molecule has 0 spiro atoms. The van der Waals surface area contributed by atoms with Crippen LogP contribution < -0.4 is 0 Å². The Kier molecular flexibility index (Phi) is 5.53. The van der Waals surface area contributed by atoms with Crippen molar-refractivity contribution in [2.75, 3.05) is 13.1 Å². The summed E-state index contributed by atoms with van der Waals surface area (Å²) < 4.78 is 1.20. The van der Waals surface area contributed by atoms with E-state index in [-0.39, 0.29) is 5.91 Å². The van der Waals surface area contributed by atoms with Crippen molar-refractivity contribution in [3.8, 4) is 0 Å². The Morgan fingerprint density at radius 1 is 1.20 bits per heavy atom. The van der Waals surface area contributed by atoms with E-state index >= 15 is 0 Å². The summed E-state index contributed by atoms with van der Waals surface area (Å²) in [5.74, 6) is 0.257. The number of benzene rings is 1. The van der Waals surface area contributed by atoms with E-state index in [4.69, 9.17) is 0 Å². The van der Waals surface area contributed by atoms with Crippen LogP contribution in [0.15, 0.2) is 24.3 Å². The molecule has 0 saturated carbocycles. The van der Waals surface area contributed by atoms with E-state index in [0.717, 1.165) is 42.9 Å². The third kappa shape index (κ3) is 3.79. The van der Waals surface area contributed by atoms with Crippen molar-refractivity contribution in [3.05, 3.63) is 29.3 Å². The van der Waals surface area contributed by atoms with E-state index in [1.54, 1.807) is 11.3 Å². The maximum Gasteiger partial charge on any atom is 0.222 e. The summed E-state index contributed by atoms with van der Waals surface area (Å²) in [6.45, 7) is 5.96. The monoisotopic (exact) mass is 290 g/mol. The van der Waals surface area contributed by atoms with Crippen LogP contribution in [0.4, 0.5) is 0 Å². The molecule has 0 aliphatic heterocycles. The molecule has 0 aliphatic rings. The molecular weight excluding hydrogens is 268 g/mol. The lowest BCUT2D eigenvalue weighted by atomic mass is 10.2. The van der Waals surface area contributed by atoms with E-state index in [1.165, 1.54) is 4.70 Å². The fourth-order valence-corrected chi connectivity index (χ4v) is 3.27. The quantitative estimate of drug-likeness (QED) is 0.775. The molecule has 1 aromatic heterocycles. The van der Waals surface area contributed by atoms with E-state index < -0.39 is 0 Å². The minimum atomic E-state index is 0.257. The number of fused-ring (bicyclic) bond motifs is 1. The SMILES string of the molecule is CCCN(CCC)C(=O)CCc1nc2ccccc2s1. The molecule has 0 N–H and O–H groups in total. The molecule has 20 heavy (non-hydrogen) atoms. The van der Waals surface area contributed by atoms with Crippen LogP contribution in [0.3, 0.4) is 0 Å². The zero-order valence-corrected chi connectivity index (χ0v) is 13.1. The summed E-state index contributed by atoms with van der Waals surface area (Å²) in [6.07, 6.45) is 3.36. The molecule has 0 bridgehead atoms. The number of amides is 1. The molecule has 0 radical (unpaired) electrons. The van der Waals surface area contributed by atoms with Gasteiger partial charge in [0.2, 0.25) is 5.91 Å². The first-order valence-electron chi connectivity index (χ1n) is 7.36. The third-order valence-corrected chi connectivity index (χ3v) is 4.33. The minimum Gasteiger partial charge on any atom is -0.343 e. The number of hydrogen-bond donors (Lipinski definition) is 0. The van der Waals surface area contributed by atoms with Gasteiger partial charge in [-0.2, -0.15) is 0 Å². The molecule has 1 amide bonds. The number of rotatable bonds is 7. The highest BCUT2D eigenvalue weighted by atomic mass is 32.1. The molecule has 3 nitrogen and oxygen atoms in total. The smallest absolute Gasteiger partial charge is 0.222 e. The summed E-state index contributed by atoms with van der Waals surface area (Å²) in [7, 11) is 0. The zero-order chi connectivity index (χ0) is 14.4. The highest BCUT2D eigenvalue weighted by Gasteiger charge is 2.13. The van der Waals surface area contributed by atoms with Crippen molar-refractivity contribution in [2.45, 2.75) is 39.5 Å². The van der Waals surface area contributed by atoms with Gasteiger partial charge in [-0.3, -0.25) is 4.79 Å². The number of aryl methyl sites for hydroxylation is 1. The molecule has 0 atom stereocenters. The standard InChI is InChI=1S/C16H22N2OS/c1-3-11-18(12-4-2)16(19)10-9-15-17-13-7-5-6-8-14(13)20-15/h5-8H,3-4,9-12H2,1-2H3. The van der Waals surface area contributed by atoms with Crippen LogP contribution in [0.1, 0.15) is 38.1 Å². The van der Waals surface area contributed by atoms with Gasteiger partial charge in [0.1, 0.15) is 0 Å². The summed E-state index contributed by atoms with van der Waals surface area (Å²) in [5, 5.41) is 1.06. The van der Waals surface area contributed by atoms with Crippen LogP contribution >= 0.6 is 11.3 Å². The first-order valence-corrected chi connectivity index (χ1v) is 8.18. The van der Waals surface area contributed by atoms with Gasteiger partial charge in [0, 0.05) is 25.9 Å². The first kappa shape index (κ1) is 15.0. The maximum absolute atomic E-state index is 12.2. The van der Waals surface area contributed by atoms with E-state index in [0.29, 0.717) is 6.42 Å². The predicted molar refractivity (Wildman–Crippen MR) is 85.1 cm³/mol. The molecule has 0 saturated heterocycles. The van der Waals surface area contributed by atoms with Gasteiger partial charge >= 0.3 is 0 Å².